The van der Waals surface area contributed by atoms with Crippen LogP contribution in [0, 0.1) is 12.7 Å². The lowest BCUT2D eigenvalue weighted by molar-refractivity contribution is 0.0943. The summed E-state index contributed by atoms with van der Waals surface area (Å²) >= 11 is 0. The normalized spacial score (nSPS) is 14.5. The first kappa shape index (κ1) is 18.1. The minimum atomic E-state index is -0.326. The van der Waals surface area contributed by atoms with Crippen molar-refractivity contribution in [1.29, 1.82) is 0 Å². The predicted molar refractivity (Wildman–Crippen MR) is 100 cm³/mol. The molecule has 4 rings (SSSR count). The Morgan fingerprint density at radius 2 is 2.04 bits per heavy atom. The lowest BCUT2D eigenvalue weighted by Gasteiger charge is -2.16. The molecule has 0 bridgehead atoms. The van der Waals surface area contributed by atoms with E-state index < -0.39 is 0 Å². The lowest BCUT2D eigenvalue weighted by Crippen LogP contribution is -2.33. The molecule has 2 heterocycles. The van der Waals surface area contributed by atoms with E-state index in [-0.39, 0.29) is 28.7 Å². The van der Waals surface area contributed by atoms with Crippen molar-refractivity contribution >= 4 is 5.91 Å². The number of aromatic nitrogens is 4. The minimum Gasteiger partial charge on any atom is -0.478 e. The summed E-state index contributed by atoms with van der Waals surface area (Å²) in [5.41, 5.74) is 1.91. The van der Waals surface area contributed by atoms with Crippen LogP contribution in [0.5, 0.6) is 5.88 Å². The summed E-state index contributed by atoms with van der Waals surface area (Å²) in [6, 6.07) is 6.45. The van der Waals surface area contributed by atoms with Crippen LogP contribution >= 0.6 is 0 Å². The first-order valence-electron chi connectivity index (χ1n) is 8.97. The second-order valence-electron chi connectivity index (χ2n) is 6.98. The van der Waals surface area contributed by atoms with E-state index in [0.29, 0.717) is 12.4 Å². The average Bonchev–Trinajstić information content (AvgIpc) is 3.39. The second kappa shape index (κ2) is 7.03. The molecule has 1 amide bonds. The number of halogens is 1. The highest BCUT2D eigenvalue weighted by molar-refractivity contribution is 5.92. The number of benzene rings is 1. The number of aryl methyl sites for hydroxylation is 1. The van der Waals surface area contributed by atoms with E-state index in [0.717, 1.165) is 24.1 Å². The molecule has 0 aliphatic heterocycles. The summed E-state index contributed by atoms with van der Waals surface area (Å²) in [6.45, 7) is 2.33. The van der Waals surface area contributed by atoms with Gasteiger partial charge in [0, 0.05) is 18.2 Å². The summed E-state index contributed by atoms with van der Waals surface area (Å²) < 4.78 is 20.1. The molecule has 2 aromatic heterocycles. The average molecular weight is 381 g/mol. The maximum atomic E-state index is 13.2. The summed E-state index contributed by atoms with van der Waals surface area (Å²) in [6.07, 6.45) is 6.73. The number of imidazole rings is 1. The van der Waals surface area contributed by atoms with E-state index in [2.05, 4.69) is 20.3 Å². The Bertz CT molecular complexity index is 1010. The van der Waals surface area contributed by atoms with Crippen LogP contribution in [0.25, 0.3) is 5.82 Å². The Labute approximate surface area is 161 Å². The van der Waals surface area contributed by atoms with Gasteiger partial charge in [-0.2, -0.15) is 0 Å². The van der Waals surface area contributed by atoms with E-state index >= 15 is 0 Å². The maximum Gasteiger partial charge on any atom is 0.271 e. The Balaban J connectivity index is 1.48. The molecule has 144 valence electrons. The quantitative estimate of drug-likeness (QED) is 0.710. The van der Waals surface area contributed by atoms with E-state index in [1.165, 1.54) is 25.4 Å². The van der Waals surface area contributed by atoms with Crippen LogP contribution in [0.1, 0.15) is 34.6 Å². The molecule has 8 heteroatoms. The van der Waals surface area contributed by atoms with Crippen molar-refractivity contribution in [2.45, 2.75) is 25.2 Å². The number of amides is 1. The number of carbonyl (C=O) groups excluding carboxylic acids is 1. The molecule has 1 fully saturated rings. The van der Waals surface area contributed by atoms with E-state index in [1.807, 2.05) is 6.92 Å². The largest absolute Gasteiger partial charge is 0.478 e. The van der Waals surface area contributed by atoms with Crippen LogP contribution in [-0.4, -0.2) is 39.1 Å². The van der Waals surface area contributed by atoms with E-state index in [9.17, 15) is 9.18 Å². The topological polar surface area (TPSA) is 81.9 Å². The van der Waals surface area contributed by atoms with Crippen molar-refractivity contribution in [2.75, 3.05) is 13.7 Å². The number of hydrogen-bond acceptors (Lipinski definition) is 5. The Kier molecular flexibility index (Phi) is 4.54. The van der Waals surface area contributed by atoms with Gasteiger partial charge in [-0.25, -0.2) is 19.3 Å². The zero-order valence-corrected chi connectivity index (χ0v) is 15.6. The monoisotopic (exact) mass is 381 g/mol. The highest BCUT2D eigenvalue weighted by atomic mass is 19.1. The van der Waals surface area contributed by atoms with Gasteiger partial charge in [0.25, 0.3) is 11.8 Å². The summed E-state index contributed by atoms with van der Waals surface area (Å²) in [5.74, 6) is 0.112. The van der Waals surface area contributed by atoms with Crippen molar-refractivity contribution in [3.05, 3.63) is 65.8 Å². The fourth-order valence-electron chi connectivity index (χ4n) is 3.19. The molecule has 0 atom stereocenters. The van der Waals surface area contributed by atoms with Crippen LogP contribution in [0.4, 0.5) is 4.39 Å². The Morgan fingerprint density at radius 1 is 1.29 bits per heavy atom. The van der Waals surface area contributed by atoms with Crippen molar-refractivity contribution in [1.82, 2.24) is 24.8 Å². The van der Waals surface area contributed by atoms with Gasteiger partial charge in [-0.3, -0.25) is 9.36 Å². The van der Waals surface area contributed by atoms with Gasteiger partial charge in [0.05, 0.1) is 19.0 Å². The van der Waals surface area contributed by atoms with E-state index in [4.69, 9.17) is 4.74 Å². The molecule has 0 radical (unpaired) electrons. The molecule has 0 spiro atoms. The molecule has 1 saturated carbocycles. The molecule has 7 nitrogen and oxygen atoms in total. The molecular weight excluding hydrogens is 361 g/mol. The highest BCUT2D eigenvalue weighted by Crippen LogP contribution is 2.47. The van der Waals surface area contributed by atoms with Crippen LogP contribution < -0.4 is 10.1 Å². The van der Waals surface area contributed by atoms with Gasteiger partial charge in [-0.15, -0.1) is 0 Å². The highest BCUT2D eigenvalue weighted by Gasteiger charge is 2.44. The number of ether oxygens (including phenoxy) is 1. The van der Waals surface area contributed by atoms with Gasteiger partial charge >= 0.3 is 0 Å². The van der Waals surface area contributed by atoms with Crippen molar-refractivity contribution < 1.29 is 13.9 Å². The summed E-state index contributed by atoms with van der Waals surface area (Å²) in [5, 5.41) is 2.92. The van der Waals surface area contributed by atoms with Crippen LogP contribution in [0.2, 0.25) is 0 Å². The van der Waals surface area contributed by atoms with Gasteiger partial charge in [-0.1, -0.05) is 12.1 Å². The summed E-state index contributed by atoms with van der Waals surface area (Å²) in [7, 11) is 1.48. The first-order valence-corrected chi connectivity index (χ1v) is 8.97. The molecule has 3 aromatic rings. The molecule has 1 aliphatic rings. The molecule has 28 heavy (non-hydrogen) atoms. The number of nitrogens with one attached hydrogen (secondary N) is 1. The fraction of sp³-hybridized carbons (Fsp3) is 0.300. The summed E-state index contributed by atoms with van der Waals surface area (Å²) in [4.78, 5) is 25.3. The SMILES string of the molecule is COc1nc(C(=O)NCC2(c3ccc(F)cc3)CC2)cnc1-n1cnc(C)c1. The second-order valence-corrected chi connectivity index (χ2v) is 6.98. The Hall–Kier alpha value is -3.29. The molecular formula is C20H20FN5O2. The number of rotatable bonds is 6. The third kappa shape index (κ3) is 3.45. The predicted octanol–water partition coefficient (Wildman–Crippen LogP) is 2.58. The zero-order chi connectivity index (χ0) is 19.7. The minimum absolute atomic E-state index is 0.130. The van der Waals surface area contributed by atoms with Crippen LogP contribution in [0.15, 0.2) is 43.0 Å². The van der Waals surface area contributed by atoms with Crippen LogP contribution in [-0.2, 0) is 5.41 Å². The van der Waals surface area contributed by atoms with Crippen molar-refractivity contribution in [3.63, 3.8) is 0 Å². The van der Waals surface area contributed by atoms with Gasteiger partial charge in [0.15, 0.2) is 5.69 Å². The molecule has 1 aliphatic carbocycles. The first-order chi connectivity index (χ1) is 13.5. The Morgan fingerprint density at radius 3 is 2.64 bits per heavy atom. The lowest BCUT2D eigenvalue weighted by atomic mass is 9.96. The van der Waals surface area contributed by atoms with Crippen molar-refractivity contribution in [3.8, 4) is 11.7 Å². The third-order valence-electron chi connectivity index (χ3n) is 5.00. The molecule has 1 N–H and O–H groups in total. The van der Waals surface area contributed by atoms with Crippen LogP contribution in [0.3, 0.4) is 0 Å². The smallest absolute Gasteiger partial charge is 0.271 e. The van der Waals surface area contributed by atoms with Crippen molar-refractivity contribution in [2.24, 2.45) is 0 Å². The molecule has 0 saturated heterocycles. The number of carbonyl (C=O) groups is 1. The number of methoxy groups -OCH3 is 1. The zero-order valence-electron chi connectivity index (χ0n) is 15.6. The van der Waals surface area contributed by atoms with Gasteiger partial charge in [-0.05, 0) is 37.5 Å². The van der Waals surface area contributed by atoms with Gasteiger partial charge < -0.3 is 10.1 Å². The van der Waals surface area contributed by atoms with Gasteiger partial charge in [0.2, 0.25) is 5.82 Å². The third-order valence-corrected chi connectivity index (χ3v) is 5.00. The molecule has 1 aromatic carbocycles. The number of hydrogen-bond donors (Lipinski definition) is 1. The fourth-order valence-corrected chi connectivity index (χ4v) is 3.19. The standard InChI is InChI=1S/C20H20FN5O2/c1-13-10-26(12-24-13)17-19(28-2)25-16(9-22-17)18(27)23-11-20(7-8-20)14-3-5-15(21)6-4-14/h3-6,9-10,12H,7-8,11H2,1-2H3,(H,23,27). The van der Waals surface area contributed by atoms with E-state index in [1.54, 1.807) is 29.2 Å². The molecule has 0 unspecified atom stereocenters. The number of nitrogens with zero attached hydrogens (tertiary/aromatic N) is 4. The maximum absolute atomic E-state index is 13.2. The van der Waals surface area contributed by atoms with Gasteiger partial charge in [0.1, 0.15) is 12.1 Å².